The number of phenols is 1. The highest BCUT2D eigenvalue weighted by atomic mass is 35.5. The molecule has 0 fully saturated rings. The molecule has 1 amide bonds. The van der Waals surface area contributed by atoms with Crippen molar-refractivity contribution in [2.45, 2.75) is 6.92 Å². The molecule has 0 unspecified atom stereocenters. The van der Waals surface area contributed by atoms with E-state index in [9.17, 15) is 9.90 Å². The van der Waals surface area contributed by atoms with Gasteiger partial charge in [-0.2, -0.15) is 0 Å². The third-order valence-electron chi connectivity index (χ3n) is 4.70. The van der Waals surface area contributed by atoms with Crippen molar-refractivity contribution in [1.29, 1.82) is 0 Å². The molecule has 6 nitrogen and oxygen atoms in total. The van der Waals surface area contributed by atoms with E-state index in [1.807, 2.05) is 18.2 Å². The fraction of sp³-hybridized carbons (Fsp3) is 0.0417. The summed E-state index contributed by atoms with van der Waals surface area (Å²) in [6.07, 6.45) is 2.88. The lowest BCUT2D eigenvalue weighted by Crippen LogP contribution is -2.32. The predicted octanol–water partition coefficient (Wildman–Crippen LogP) is 6.34. The smallest absolute Gasteiger partial charge is 0.250 e. The van der Waals surface area contributed by atoms with Gasteiger partial charge >= 0.3 is 0 Å². The van der Waals surface area contributed by atoms with Crippen LogP contribution >= 0.6 is 35.4 Å². The van der Waals surface area contributed by atoms with E-state index in [-0.39, 0.29) is 16.8 Å². The second kappa shape index (κ2) is 9.62. The van der Waals surface area contributed by atoms with Gasteiger partial charge in [0.25, 0.3) is 0 Å². The summed E-state index contributed by atoms with van der Waals surface area (Å²) < 4.78 is 5.78. The molecule has 3 N–H and O–H groups in total. The molecule has 0 bridgehead atoms. The molecule has 166 valence electrons. The Morgan fingerprint density at radius 2 is 1.94 bits per heavy atom. The molecule has 9 heteroatoms. The highest BCUT2D eigenvalue weighted by Gasteiger charge is 2.16. The third-order valence-corrected chi connectivity index (χ3v) is 5.46. The molecule has 1 heterocycles. The minimum absolute atomic E-state index is 0.0461. The van der Waals surface area contributed by atoms with Gasteiger partial charge in [0.2, 0.25) is 11.8 Å². The summed E-state index contributed by atoms with van der Waals surface area (Å²) >= 11 is 17.2. The quantitative estimate of drug-likeness (QED) is 0.173. The number of anilines is 1. The summed E-state index contributed by atoms with van der Waals surface area (Å²) in [5, 5.41) is 17.1. The van der Waals surface area contributed by atoms with Crippen molar-refractivity contribution in [2.24, 2.45) is 0 Å². The summed E-state index contributed by atoms with van der Waals surface area (Å²) in [6.45, 7) is 1.74. The standard InChI is InChI=1S/C24H17Cl2N3O3S/c1-13-10-16(12-17(22(13)31)23-28-19-4-2-3-5-20(19)32-23)27-24(33)29-21(30)9-7-14-6-8-15(25)11-18(14)26/h2-12,31H,1H3,(H2,27,29,30,33)/b9-7+. The molecule has 1 aromatic heterocycles. The average Bonchev–Trinajstić information content (AvgIpc) is 3.19. The highest BCUT2D eigenvalue weighted by molar-refractivity contribution is 7.80. The Morgan fingerprint density at radius 1 is 1.15 bits per heavy atom. The molecule has 0 saturated heterocycles. The van der Waals surface area contributed by atoms with Gasteiger partial charge in [-0.3, -0.25) is 10.1 Å². The number of nitrogens with zero attached hydrogens (tertiary/aromatic N) is 1. The largest absolute Gasteiger partial charge is 0.507 e. The van der Waals surface area contributed by atoms with Crippen LogP contribution < -0.4 is 10.6 Å². The molecule has 0 aliphatic rings. The lowest BCUT2D eigenvalue weighted by molar-refractivity contribution is -0.115. The lowest BCUT2D eigenvalue weighted by Gasteiger charge is -2.12. The highest BCUT2D eigenvalue weighted by Crippen LogP contribution is 2.36. The molecule has 0 saturated carbocycles. The first kappa shape index (κ1) is 22.8. The van der Waals surface area contributed by atoms with Crippen LogP contribution in [0.25, 0.3) is 28.6 Å². The van der Waals surface area contributed by atoms with Crippen molar-refractivity contribution < 1.29 is 14.3 Å². The Balaban J connectivity index is 1.48. The second-order valence-electron chi connectivity index (χ2n) is 7.12. The lowest BCUT2D eigenvalue weighted by atomic mass is 10.1. The van der Waals surface area contributed by atoms with E-state index in [0.29, 0.717) is 43.5 Å². The first-order valence-electron chi connectivity index (χ1n) is 9.75. The zero-order chi connectivity index (χ0) is 23.5. The van der Waals surface area contributed by atoms with Crippen molar-refractivity contribution in [1.82, 2.24) is 10.3 Å². The summed E-state index contributed by atoms with van der Waals surface area (Å²) in [6, 6.07) is 15.6. The van der Waals surface area contributed by atoms with Gasteiger partial charge in [0, 0.05) is 21.8 Å². The van der Waals surface area contributed by atoms with E-state index >= 15 is 0 Å². The number of hydrogen-bond acceptors (Lipinski definition) is 5. The number of rotatable bonds is 4. The van der Waals surface area contributed by atoms with Crippen LogP contribution in [0.3, 0.4) is 0 Å². The number of carbonyl (C=O) groups is 1. The first-order chi connectivity index (χ1) is 15.8. The predicted molar refractivity (Wildman–Crippen MR) is 136 cm³/mol. The monoisotopic (exact) mass is 497 g/mol. The number of aromatic nitrogens is 1. The first-order valence-corrected chi connectivity index (χ1v) is 10.9. The molecular weight excluding hydrogens is 481 g/mol. The van der Waals surface area contributed by atoms with Gasteiger partial charge in [-0.1, -0.05) is 41.4 Å². The Bertz CT molecular complexity index is 1380. The van der Waals surface area contributed by atoms with Crippen molar-refractivity contribution in [3.63, 3.8) is 0 Å². The zero-order valence-corrected chi connectivity index (χ0v) is 19.6. The molecule has 33 heavy (non-hydrogen) atoms. The summed E-state index contributed by atoms with van der Waals surface area (Å²) in [5.41, 5.74) is 3.48. The number of hydrogen-bond donors (Lipinski definition) is 3. The van der Waals surface area contributed by atoms with E-state index in [1.165, 1.54) is 6.08 Å². The van der Waals surface area contributed by atoms with E-state index < -0.39 is 5.91 Å². The normalized spacial score (nSPS) is 11.1. The molecule has 0 spiro atoms. The molecule has 0 atom stereocenters. The van der Waals surface area contributed by atoms with Gasteiger partial charge in [-0.15, -0.1) is 0 Å². The van der Waals surface area contributed by atoms with Gasteiger partial charge < -0.3 is 14.8 Å². The minimum atomic E-state index is -0.437. The second-order valence-corrected chi connectivity index (χ2v) is 8.37. The van der Waals surface area contributed by atoms with Crippen molar-refractivity contribution in [3.05, 3.63) is 81.8 Å². The summed E-state index contributed by atoms with van der Waals surface area (Å²) in [7, 11) is 0. The summed E-state index contributed by atoms with van der Waals surface area (Å²) in [4.78, 5) is 16.7. The topological polar surface area (TPSA) is 87.4 Å². The van der Waals surface area contributed by atoms with Crippen LogP contribution in [0.4, 0.5) is 5.69 Å². The number of carbonyl (C=O) groups excluding carboxylic acids is 1. The van der Waals surface area contributed by atoms with Gasteiger partial charge in [-0.05, 0) is 72.7 Å². The van der Waals surface area contributed by atoms with Crippen LogP contribution in [-0.2, 0) is 4.79 Å². The molecule has 0 radical (unpaired) electrons. The Morgan fingerprint density at radius 3 is 2.70 bits per heavy atom. The van der Waals surface area contributed by atoms with E-state index in [4.69, 9.17) is 39.8 Å². The number of fused-ring (bicyclic) bond motifs is 1. The maximum absolute atomic E-state index is 12.2. The molecule has 4 aromatic rings. The van der Waals surface area contributed by atoms with Crippen LogP contribution in [0.1, 0.15) is 11.1 Å². The maximum Gasteiger partial charge on any atom is 0.250 e. The number of halogens is 2. The number of benzene rings is 3. The Labute approximate surface area is 204 Å². The van der Waals surface area contributed by atoms with Crippen LogP contribution in [0.5, 0.6) is 5.75 Å². The molecular formula is C24H17Cl2N3O3S. The molecule has 3 aromatic carbocycles. The number of phenolic OH excluding ortho intramolecular Hbond substituents is 1. The zero-order valence-electron chi connectivity index (χ0n) is 17.2. The average molecular weight is 498 g/mol. The van der Waals surface area contributed by atoms with Crippen molar-refractivity contribution in [2.75, 3.05) is 5.32 Å². The fourth-order valence-electron chi connectivity index (χ4n) is 3.12. The molecule has 4 rings (SSSR count). The number of amides is 1. The Hall–Kier alpha value is -3.39. The van der Waals surface area contributed by atoms with Crippen molar-refractivity contribution >= 4 is 69.3 Å². The van der Waals surface area contributed by atoms with Crippen LogP contribution in [0, 0.1) is 6.92 Å². The van der Waals surface area contributed by atoms with Gasteiger partial charge in [0.05, 0.1) is 5.56 Å². The summed E-state index contributed by atoms with van der Waals surface area (Å²) in [5.74, 6) is -0.115. The number of oxazole rings is 1. The van der Waals surface area contributed by atoms with Crippen LogP contribution in [0.15, 0.2) is 65.1 Å². The van der Waals surface area contributed by atoms with Crippen molar-refractivity contribution in [3.8, 4) is 17.2 Å². The third kappa shape index (κ3) is 5.34. The van der Waals surface area contributed by atoms with Crippen LogP contribution in [0.2, 0.25) is 10.0 Å². The van der Waals surface area contributed by atoms with Crippen LogP contribution in [-0.4, -0.2) is 21.1 Å². The van der Waals surface area contributed by atoms with E-state index in [1.54, 1.807) is 49.4 Å². The minimum Gasteiger partial charge on any atom is -0.507 e. The Kier molecular flexibility index (Phi) is 6.65. The molecule has 0 aliphatic carbocycles. The number of para-hydroxylation sites is 2. The SMILES string of the molecule is Cc1cc(NC(=S)NC(=O)/C=C/c2ccc(Cl)cc2Cl)cc(-c2nc3ccccc3o2)c1O. The number of aryl methyl sites for hydroxylation is 1. The maximum atomic E-state index is 12.2. The number of aromatic hydroxyl groups is 1. The molecule has 0 aliphatic heterocycles. The number of nitrogens with one attached hydrogen (secondary N) is 2. The van der Waals surface area contributed by atoms with Gasteiger partial charge in [0.1, 0.15) is 11.3 Å². The van der Waals surface area contributed by atoms with Gasteiger partial charge in [0.15, 0.2) is 10.7 Å². The van der Waals surface area contributed by atoms with Gasteiger partial charge in [-0.25, -0.2) is 4.98 Å². The number of thiocarbonyl (C=S) groups is 1. The van der Waals surface area contributed by atoms with E-state index in [2.05, 4.69) is 15.6 Å². The van der Waals surface area contributed by atoms with E-state index in [0.717, 1.165) is 0 Å². The fourth-order valence-corrected chi connectivity index (χ4v) is 3.81.